The molecule has 1 unspecified atom stereocenters. The molecule has 28 heavy (non-hydrogen) atoms. The molecule has 0 aliphatic carbocycles. The van der Waals surface area contributed by atoms with Gasteiger partial charge in [-0.2, -0.15) is 0 Å². The predicted octanol–water partition coefficient (Wildman–Crippen LogP) is 3.65. The minimum Gasteiger partial charge on any atom is -0.497 e. The molecule has 2 aromatic carbocycles. The molecule has 2 aliphatic rings. The third-order valence-electron chi connectivity index (χ3n) is 5.71. The molecule has 2 fully saturated rings. The summed E-state index contributed by atoms with van der Waals surface area (Å²) in [7, 11) is 1.69. The summed E-state index contributed by atoms with van der Waals surface area (Å²) in [5.74, 6) is 2.48. The molecular weight excluding hydrogens is 352 g/mol. The largest absolute Gasteiger partial charge is 0.497 e. The highest BCUT2D eigenvalue weighted by molar-refractivity contribution is 5.51. The van der Waals surface area contributed by atoms with Crippen molar-refractivity contribution in [1.82, 2.24) is 5.32 Å². The standard InChI is InChI=1S/C23H30N2O3/c1-17(24-13-18-11-12-27-16-18)19-3-7-22(8-4-19)28-23-14-25(15-23)20-5-9-21(26-2)10-6-20/h3-10,17-18,23-24H,11-16H2,1-2H3/t17-,18?/m0/s1. The molecule has 4 rings (SSSR count). The molecule has 0 amide bonds. The second-order valence-electron chi connectivity index (χ2n) is 7.77. The molecule has 0 radical (unpaired) electrons. The maximum Gasteiger partial charge on any atom is 0.133 e. The van der Waals surface area contributed by atoms with Crippen molar-refractivity contribution in [3.05, 3.63) is 54.1 Å². The number of anilines is 1. The number of rotatable bonds is 8. The zero-order chi connectivity index (χ0) is 19.3. The highest BCUT2D eigenvalue weighted by atomic mass is 16.5. The van der Waals surface area contributed by atoms with Gasteiger partial charge in [0, 0.05) is 24.9 Å². The SMILES string of the molecule is COc1ccc(N2CC(Oc3ccc([C@H](C)NCC4CCOC4)cc3)C2)cc1. The average Bonchev–Trinajstić information content (AvgIpc) is 3.23. The van der Waals surface area contributed by atoms with Gasteiger partial charge in [-0.1, -0.05) is 12.1 Å². The van der Waals surface area contributed by atoms with Crippen molar-refractivity contribution in [2.75, 3.05) is 44.9 Å². The van der Waals surface area contributed by atoms with E-state index in [-0.39, 0.29) is 6.10 Å². The molecule has 2 saturated heterocycles. The van der Waals surface area contributed by atoms with Gasteiger partial charge < -0.3 is 24.4 Å². The lowest BCUT2D eigenvalue weighted by atomic mass is 10.1. The fourth-order valence-electron chi connectivity index (χ4n) is 3.75. The highest BCUT2D eigenvalue weighted by Gasteiger charge is 2.28. The Kier molecular flexibility index (Phi) is 6.03. The summed E-state index contributed by atoms with van der Waals surface area (Å²) < 4.78 is 16.8. The van der Waals surface area contributed by atoms with Gasteiger partial charge in [-0.15, -0.1) is 0 Å². The fourth-order valence-corrected chi connectivity index (χ4v) is 3.75. The van der Waals surface area contributed by atoms with Crippen LogP contribution in [0.2, 0.25) is 0 Å². The van der Waals surface area contributed by atoms with Gasteiger partial charge in [-0.25, -0.2) is 0 Å². The first-order valence-corrected chi connectivity index (χ1v) is 10.2. The first-order chi connectivity index (χ1) is 13.7. The Morgan fingerprint density at radius 1 is 1.07 bits per heavy atom. The van der Waals surface area contributed by atoms with Gasteiger partial charge in [0.2, 0.25) is 0 Å². The Hall–Kier alpha value is -2.24. The highest BCUT2D eigenvalue weighted by Crippen LogP contribution is 2.27. The van der Waals surface area contributed by atoms with Crippen molar-refractivity contribution in [2.24, 2.45) is 5.92 Å². The molecular formula is C23H30N2O3. The van der Waals surface area contributed by atoms with E-state index in [1.807, 2.05) is 12.1 Å². The monoisotopic (exact) mass is 382 g/mol. The van der Waals surface area contributed by atoms with E-state index in [2.05, 4.69) is 53.5 Å². The third kappa shape index (κ3) is 4.59. The van der Waals surface area contributed by atoms with Crippen LogP contribution in [0, 0.1) is 5.92 Å². The Bertz CT molecular complexity index is 735. The van der Waals surface area contributed by atoms with Crippen molar-refractivity contribution in [3.63, 3.8) is 0 Å². The normalized spacial score (nSPS) is 20.6. The van der Waals surface area contributed by atoms with Gasteiger partial charge in [0.05, 0.1) is 26.8 Å². The van der Waals surface area contributed by atoms with Crippen molar-refractivity contribution >= 4 is 5.69 Å². The van der Waals surface area contributed by atoms with Crippen LogP contribution in [0.3, 0.4) is 0 Å². The van der Waals surface area contributed by atoms with E-state index >= 15 is 0 Å². The van der Waals surface area contributed by atoms with E-state index in [9.17, 15) is 0 Å². The van der Waals surface area contributed by atoms with Gasteiger partial charge in [0.25, 0.3) is 0 Å². The van der Waals surface area contributed by atoms with Gasteiger partial charge in [0.1, 0.15) is 17.6 Å². The third-order valence-corrected chi connectivity index (χ3v) is 5.71. The number of hydrogen-bond acceptors (Lipinski definition) is 5. The maximum absolute atomic E-state index is 6.12. The summed E-state index contributed by atoms with van der Waals surface area (Å²) in [4.78, 5) is 2.32. The topological polar surface area (TPSA) is 43.0 Å². The molecule has 2 aromatic rings. The molecule has 150 valence electrons. The number of nitrogens with zero attached hydrogens (tertiary/aromatic N) is 1. The lowest BCUT2D eigenvalue weighted by molar-refractivity contribution is 0.167. The summed E-state index contributed by atoms with van der Waals surface area (Å²) in [6, 6.07) is 17.0. The molecule has 1 N–H and O–H groups in total. The summed E-state index contributed by atoms with van der Waals surface area (Å²) in [5.41, 5.74) is 2.50. The van der Waals surface area contributed by atoms with Gasteiger partial charge in [-0.3, -0.25) is 0 Å². The van der Waals surface area contributed by atoms with E-state index in [4.69, 9.17) is 14.2 Å². The van der Waals surface area contributed by atoms with Crippen LogP contribution in [0.5, 0.6) is 11.5 Å². The van der Waals surface area contributed by atoms with Crippen LogP contribution in [-0.2, 0) is 4.74 Å². The lowest BCUT2D eigenvalue weighted by Crippen LogP contribution is -2.54. The second kappa shape index (κ2) is 8.84. The average molecular weight is 383 g/mol. The fraction of sp³-hybridized carbons (Fsp3) is 0.478. The van der Waals surface area contributed by atoms with E-state index in [1.165, 1.54) is 17.7 Å². The lowest BCUT2D eigenvalue weighted by Gasteiger charge is -2.40. The van der Waals surface area contributed by atoms with Crippen LogP contribution >= 0.6 is 0 Å². The number of hydrogen-bond donors (Lipinski definition) is 1. The van der Waals surface area contributed by atoms with E-state index in [1.54, 1.807) is 7.11 Å². The number of nitrogens with one attached hydrogen (secondary N) is 1. The Morgan fingerprint density at radius 3 is 2.43 bits per heavy atom. The van der Waals surface area contributed by atoms with E-state index in [0.717, 1.165) is 44.3 Å². The first kappa shape index (κ1) is 19.1. The van der Waals surface area contributed by atoms with Crippen LogP contribution in [0.15, 0.2) is 48.5 Å². The van der Waals surface area contributed by atoms with E-state index < -0.39 is 0 Å². The Labute approximate surface area is 167 Å². The molecule has 0 aromatic heterocycles. The van der Waals surface area contributed by atoms with Crippen LogP contribution < -0.4 is 19.7 Å². The summed E-state index contributed by atoms with van der Waals surface area (Å²) in [6.07, 6.45) is 1.41. The van der Waals surface area contributed by atoms with Gasteiger partial charge >= 0.3 is 0 Å². The Morgan fingerprint density at radius 2 is 1.79 bits per heavy atom. The van der Waals surface area contributed by atoms with Crippen LogP contribution in [0.4, 0.5) is 5.69 Å². The van der Waals surface area contributed by atoms with Gasteiger partial charge in [-0.05, 0) is 61.2 Å². The summed E-state index contributed by atoms with van der Waals surface area (Å²) >= 11 is 0. The zero-order valence-electron chi connectivity index (χ0n) is 16.8. The minimum atomic E-state index is 0.242. The van der Waals surface area contributed by atoms with Crippen molar-refractivity contribution in [2.45, 2.75) is 25.5 Å². The summed E-state index contributed by atoms with van der Waals surface area (Å²) in [5, 5.41) is 3.62. The first-order valence-electron chi connectivity index (χ1n) is 10.2. The molecule has 5 heteroatoms. The minimum absolute atomic E-state index is 0.242. The van der Waals surface area contributed by atoms with Crippen LogP contribution in [0.1, 0.15) is 24.9 Å². The molecule has 5 nitrogen and oxygen atoms in total. The quantitative estimate of drug-likeness (QED) is 0.755. The maximum atomic E-state index is 6.12. The molecule has 0 saturated carbocycles. The molecule has 0 spiro atoms. The summed E-state index contributed by atoms with van der Waals surface area (Å²) in [6.45, 7) is 6.85. The smallest absolute Gasteiger partial charge is 0.133 e. The molecule has 0 bridgehead atoms. The molecule has 2 heterocycles. The van der Waals surface area contributed by atoms with Crippen molar-refractivity contribution in [3.8, 4) is 11.5 Å². The Balaban J connectivity index is 1.22. The second-order valence-corrected chi connectivity index (χ2v) is 7.77. The van der Waals surface area contributed by atoms with Crippen molar-refractivity contribution in [1.29, 1.82) is 0 Å². The number of ether oxygens (including phenoxy) is 3. The predicted molar refractivity (Wildman–Crippen MR) is 111 cm³/mol. The number of methoxy groups -OCH3 is 1. The van der Waals surface area contributed by atoms with E-state index in [0.29, 0.717) is 12.0 Å². The molecule has 2 aliphatic heterocycles. The number of benzene rings is 2. The molecule has 2 atom stereocenters. The van der Waals surface area contributed by atoms with Gasteiger partial charge in [0.15, 0.2) is 0 Å². The van der Waals surface area contributed by atoms with Crippen molar-refractivity contribution < 1.29 is 14.2 Å². The van der Waals surface area contributed by atoms with Crippen LogP contribution in [-0.4, -0.2) is 46.1 Å². The zero-order valence-corrected chi connectivity index (χ0v) is 16.8. The van der Waals surface area contributed by atoms with Crippen LogP contribution in [0.25, 0.3) is 0 Å².